The van der Waals surface area contributed by atoms with Gasteiger partial charge >= 0.3 is 0 Å². The lowest BCUT2D eigenvalue weighted by atomic mass is 10.0. The predicted octanol–water partition coefficient (Wildman–Crippen LogP) is 3.20. The Bertz CT molecular complexity index is 805. The highest BCUT2D eigenvalue weighted by Gasteiger charge is 2.33. The van der Waals surface area contributed by atoms with E-state index in [9.17, 15) is 8.42 Å². The first-order chi connectivity index (χ1) is 11.1. The first kappa shape index (κ1) is 16.2. The van der Waals surface area contributed by atoms with Gasteiger partial charge in [-0.1, -0.05) is 25.5 Å². The van der Waals surface area contributed by atoms with Crippen LogP contribution in [0.1, 0.15) is 32.6 Å². The quantitative estimate of drug-likeness (QED) is 0.861. The molecule has 6 heteroatoms. The Morgan fingerprint density at radius 1 is 1.30 bits per heavy atom. The fourth-order valence-corrected chi connectivity index (χ4v) is 5.28. The third-order valence-electron chi connectivity index (χ3n) is 4.54. The van der Waals surface area contributed by atoms with Gasteiger partial charge in [0.15, 0.2) is 0 Å². The maximum atomic E-state index is 13.2. The molecular formula is C17H22N2O3S. The second-order valence-electron chi connectivity index (χ2n) is 5.84. The topological polar surface area (TPSA) is 59.5 Å². The van der Waals surface area contributed by atoms with Crippen LogP contribution in [-0.4, -0.2) is 37.4 Å². The smallest absolute Gasteiger partial charge is 0.244 e. The second-order valence-corrected chi connectivity index (χ2v) is 7.70. The average molecular weight is 334 g/mol. The van der Waals surface area contributed by atoms with Crippen molar-refractivity contribution < 1.29 is 13.2 Å². The SMILES string of the molecule is CCC1CCCCN1S(=O)(=O)c1ccnc2c(OC)cccc12. The lowest BCUT2D eigenvalue weighted by Crippen LogP contribution is -2.43. The Morgan fingerprint density at radius 3 is 2.87 bits per heavy atom. The molecule has 1 unspecified atom stereocenters. The van der Waals surface area contributed by atoms with Crippen LogP contribution in [0.3, 0.4) is 0 Å². The number of nitrogens with zero attached hydrogens (tertiary/aromatic N) is 2. The van der Waals surface area contributed by atoms with Crippen molar-refractivity contribution in [3.63, 3.8) is 0 Å². The van der Waals surface area contributed by atoms with Crippen LogP contribution in [0.15, 0.2) is 35.4 Å². The molecule has 1 fully saturated rings. The first-order valence-electron chi connectivity index (χ1n) is 8.03. The van der Waals surface area contributed by atoms with E-state index in [4.69, 9.17) is 4.74 Å². The Labute approximate surface area is 137 Å². The number of aromatic nitrogens is 1. The Hall–Kier alpha value is -1.66. The van der Waals surface area contributed by atoms with Gasteiger partial charge in [0.2, 0.25) is 10.0 Å². The lowest BCUT2D eigenvalue weighted by molar-refractivity contribution is 0.247. The van der Waals surface area contributed by atoms with Gasteiger partial charge in [-0.05, 0) is 31.4 Å². The normalized spacial score (nSPS) is 19.8. The minimum Gasteiger partial charge on any atom is -0.494 e. The number of pyridine rings is 1. The van der Waals surface area contributed by atoms with Crippen molar-refractivity contribution in [2.24, 2.45) is 0 Å². The molecule has 0 radical (unpaired) electrons. The minimum absolute atomic E-state index is 0.0857. The standard InChI is InChI=1S/C17H22N2O3S/c1-3-13-7-4-5-12-19(13)23(20,21)16-10-11-18-17-14(16)8-6-9-15(17)22-2/h6,8-11,13H,3-5,7,12H2,1-2H3. The van der Waals surface area contributed by atoms with Crippen molar-refractivity contribution in [2.75, 3.05) is 13.7 Å². The predicted molar refractivity (Wildman–Crippen MR) is 90.1 cm³/mol. The van der Waals surface area contributed by atoms with Crippen LogP contribution >= 0.6 is 0 Å². The molecular weight excluding hydrogens is 312 g/mol. The Morgan fingerprint density at radius 2 is 2.13 bits per heavy atom. The van der Waals surface area contributed by atoms with Gasteiger partial charge in [-0.3, -0.25) is 4.98 Å². The van der Waals surface area contributed by atoms with E-state index in [0.717, 1.165) is 25.7 Å². The van der Waals surface area contributed by atoms with Crippen molar-refractivity contribution in [2.45, 2.75) is 43.5 Å². The molecule has 0 spiro atoms. The molecule has 1 aliphatic rings. The molecule has 3 rings (SSSR count). The fourth-order valence-electron chi connectivity index (χ4n) is 3.34. The summed E-state index contributed by atoms with van der Waals surface area (Å²) in [6.45, 7) is 2.64. The number of fused-ring (bicyclic) bond motifs is 1. The fraction of sp³-hybridized carbons (Fsp3) is 0.471. The lowest BCUT2D eigenvalue weighted by Gasteiger charge is -2.34. The van der Waals surface area contributed by atoms with E-state index in [2.05, 4.69) is 4.98 Å². The summed E-state index contributed by atoms with van der Waals surface area (Å²) in [5, 5.41) is 0.618. The molecule has 0 saturated carbocycles. The molecule has 0 aliphatic carbocycles. The van der Waals surface area contributed by atoms with Gasteiger partial charge in [0.1, 0.15) is 11.3 Å². The number of methoxy groups -OCH3 is 1. The number of hydrogen-bond acceptors (Lipinski definition) is 4. The highest BCUT2D eigenvalue weighted by atomic mass is 32.2. The largest absolute Gasteiger partial charge is 0.494 e. The number of ether oxygens (including phenoxy) is 1. The number of sulfonamides is 1. The second kappa shape index (κ2) is 6.45. The van der Waals surface area contributed by atoms with Crippen molar-refractivity contribution in [3.8, 4) is 5.75 Å². The van der Waals surface area contributed by atoms with Gasteiger partial charge < -0.3 is 4.74 Å². The van der Waals surface area contributed by atoms with Crippen LogP contribution in [0.4, 0.5) is 0 Å². The molecule has 1 atom stereocenters. The van der Waals surface area contributed by atoms with Crippen molar-refractivity contribution >= 4 is 20.9 Å². The Balaban J connectivity index is 2.15. The molecule has 124 valence electrons. The molecule has 1 saturated heterocycles. The van der Waals surface area contributed by atoms with Gasteiger partial charge in [-0.15, -0.1) is 0 Å². The summed E-state index contributed by atoms with van der Waals surface area (Å²) in [6, 6.07) is 7.07. The van der Waals surface area contributed by atoms with E-state index < -0.39 is 10.0 Å². The molecule has 2 aromatic rings. The highest BCUT2D eigenvalue weighted by molar-refractivity contribution is 7.89. The van der Waals surface area contributed by atoms with Gasteiger partial charge in [-0.25, -0.2) is 8.42 Å². The van der Waals surface area contributed by atoms with Crippen LogP contribution < -0.4 is 4.74 Å². The van der Waals surface area contributed by atoms with E-state index in [1.807, 2.05) is 6.92 Å². The average Bonchev–Trinajstić information content (AvgIpc) is 2.60. The summed E-state index contributed by atoms with van der Waals surface area (Å²) < 4.78 is 33.4. The zero-order valence-electron chi connectivity index (χ0n) is 13.5. The number of hydrogen-bond donors (Lipinski definition) is 0. The van der Waals surface area contributed by atoms with Gasteiger partial charge in [-0.2, -0.15) is 4.31 Å². The zero-order chi connectivity index (χ0) is 16.4. The van der Waals surface area contributed by atoms with Gasteiger partial charge in [0, 0.05) is 24.2 Å². The first-order valence-corrected chi connectivity index (χ1v) is 9.47. The maximum Gasteiger partial charge on any atom is 0.244 e. The van der Waals surface area contributed by atoms with Crippen LogP contribution in [0.25, 0.3) is 10.9 Å². The van der Waals surface area contributed by atoms with E-state index in [-0.39, 0.29) is 6.04 Å². The Kier molecular flexibility index (Phi) is 4.55. The molecule has 5 nitrogen and oxygen atoms in total. The molecule has 0 N–H and O–H groups in total. The maximum absolute atomic E-state index is 13.2. The molecule has 1 aromatic carbocycles. The van der Waals surface area contributed by atoms with E-state index >= 15 is 0 Å². The third-order valence-corrected chi connectivity index (χ3v) is 6.55. The minimum atomic E-state index is -3.54. The monoisotopic (exact) mass is 334 g/mol. The summed E-state index contributed by atoms with van der Waals surface area (Å²) in [4.78, 5) is 4.62. The van der Waals surface area contributed by atoms with Crippen molar-refractivity contribution in [1.29, 1.82) is 0 Å². The summed E-state index contributed by atoms with van der Waals surface area (Å²) >= 11 is 0. The molecule has 23 heavy (non-hydrogen) atoms. The van der Waals surface area contributed by atoms with Crippen LogP contribution in [-0.2, 0) is 10.0 Å². The number of rotatable bonds is 4. The van der Waals surface area contributed by atoms with Gasteiger partial charge in [0.05, 0.1) is 12.0 Å². The zero-order valence-corrected chi connectivity index (χ0v) is 14.3. The third kappa shape index (κ3) is 2.81. The summed E-state index contributed by atoms with van der Waals surface area (Å²) in [5.74, 6) is 0.588. The summed E-state index contributed by atoms with van der Waals surface area (Å²) in [6.07, 6.45) is 5.33. The van der Waals surface area contributed by atoms with Gasteiger partial charge in [0.25, 0.3) is 0 Å². The van der Waals surface area contributed by atoms with E-state index in [0.29, 0.717) is 28.1 Å². The van der Waals surface area contributed by atoms with Crippen LogP contribution in [0.2, 0.25) is 0 Å². The molecule has 0 amide bonds. The van der Waals surface area contributed by atoms with Crippen molar-refractivity contribution in [3.05, 3.63) is 30.5 Å². The van der Waals surface area contributed by atoms with Crippen LogP contribution in [0, 0.1) is 0 Å². The number of piperidine rings is 1. The molecule has 1 aromatic heterocycles. The number of benzene rings is 1. The van der Waals surface area contributed by atoms with Crippen LogP contribution in [0.5, 0.6) is 5.75 Å². The number of para-hydroxylation sites is 1. The van der Waals surface area contributed by atoms with Crippen molar-refractivity contribution in [1.82, 2.24) is 9.29 Å². The molecule has 1 aliphatic heterocycles. The molecule has 0 bridgehead atoms. The highest BCUT2D eigenvalue weighted by Crippen LogP contribution is 2.32. The summed E-state index contributed by atoms with van der Waals surface area (Å²) in [7, 11) is -1.97. The summed E-state index contributed by atoms with van der Waals surface area (Å²) in [5.41, 5.74) is 0.584. The van der Waals surface area contributed by atoms with E-state index in [1.165, 1.54) is 0 Å². The van der Waals surface area contributed by atoms with E-state index in [1.54, 1.807) is 41.9 Å². The molecule has 2 heterocycles.